The standard InChI is InChI=1S/C25H35N3O2S/c1-4-28(19-20-9-6-5-7-10-20)24(30)13-12-23(29)26-21-14-16-25(17-15-21,27(2)3)22-11-8-18-31-22/h5-11,18,21H,4,12-17,19H2,1-3H3,(H,26,29). The summed E-state index contributed by atoms with van der Waals surface area (Å²) in [5.74, 6) is 0.0251. The minimum absolute atomic E-state index is 0.0115. The predicted molar refractivity (Wildman–Crippen MR) is 127 cm³/mol. The molecular formula is C25H35N3O2S. The monoisotopic (exact) mass is 441 g/mol. The molecule has 0 atom stereocenters. The Balaban J connectivity index is 1.45. The summed E-state index contributed by atoms with van der Waals surface area (Å²) in [4.78, 5) is 30.7. The topological polar surface area (TPSA) is 52.7 Å². The number of carbonyl (C=O) groups excluding carboxylic acids is 2. The van der Waals surface area contributed by atoms with Gasteiger partial charge >= 0.3 is 0 Å². The minimum Gasteiger partial charge on any atom is -0.353 e. The highest BCUT2D eigenvalue weighted by Gasteiger charge is 2.39. The van der Waals surface area contributed by atoms with Gasteiger partial charge in [0.25, 0.3) is 0 Å². The van der Waals surface area contributed by atoms with Gasteiger partial charge in [0, 0.05) is 36.9 Å². The number of hydrogen-bond donors (Lipinski definition) is 1. The molecule has 2 amide bonds. The van der Waals surface area contributed by atoms with Crippen molar-refractivity contribution < 1.29 is 9.59 Å². The van der Waals surface area contributed by atoms with Crippen molar-refractivity contribution in [1.82, 2.24) is 15.1 Å². The van der Waals surface area contributed by atoms with E-state index in [1.807, 2.05) is 53.5 Å². The number of hydrogen-bond acceptors (Lipinski definition) is 4. The summed E-state index contributed by atoms with van der Waals surface area (Å²) in [5.41, 5.74) is 1.18. The van der Waals surface area contributed by atoms with Gasteiger partial charge in [0.05, 0.1) is 5.54 Å². The summed E-state index contributed by atoms with van der Waals surface area (Å²) in [6.45, 7) is 3.22. The van der Waals surface area contributed by atoms with E-state index < -0.39 is 0 Å². The molecule has 1 aromatic heterocycles. The minimum atomic E-state index is -0.0115. The number of nitrogens with zero attached hydrogens (tertiary/aromatic N) is 2. The lowest BCUT2D eigenvalue weighted by molar-refractivity contribution is -0.134. The summed E-state index contributed by atoms with van der Waals surface area (Å²) in [7, 11) is 4.30. The smallest absolute Gasteiger partial charge is 0.223 e. The van der Waals surface area contributed by atoms with Crippen molar-refractivity contribution in [3.63, 3.8) is 0 Å². The van der Waals surface area contributed by atoms with Crippen LogP contribution in [0.25, 0.3) is 0 Å². The van der Waals surface area contributed by atoms with Crippen LogP contribution >= 0.6 is 11.3 Å². The van der Waals surface area contributed by atoms with E-state index in [2.05, 4.69) is 41.8 Å². The van der Waals surface area contributed by atoms with Crippen LogP contribution in [0.1, 0.15) is 55.9 Å². The summed E-state index contributed by atoms with van der Waals surface area (Å²) in [6.07, 6.45) is 4.51. The molecule has 1 saturated carbocycles. The summed E-state index contributed by atoms with van der Waals surface area (Å²) in [6, 6.07) is 14.5. The van der Waals surface area contributed by atoms with Gasteiger partial charge in [0.15, 0.2) is 0 Å². The average Bonchev–Trinajstić information content (AvgIpc) is 3.32. The Labute approximate surface area is 190 Å². The fraction of sp³-hybridized carbons (Fsp3) is 0.520. The van der Waals surface area contributed by atoms with Crippen LogP contribution in [0.5, 0.6) is 0 Å². The Kier molecular flexibility index (Phi) is 8.27. The van der Waals surface area contributed by atoms with E-state index in [9.17, 15) is 9.59 Å². The number of carbonyl (C=O) groups is 2. The zero-order valence-corrected chi connectivity index (χ0v) is 19.8. The lowest BCUT2D eigenvalue weighted by Gasteiger charge is -2.44. The van der Waals surface area contributed by atoms with Crippen molar-refractivity contribution >= 4 is 23.2 Å². The van der Waals surface area contributed by atoms with Crippen LogP contribution in [0.4, 0.5) is 0 Å². The van der Waals surface area contributed by atoms with Crippen molar-refractivity contribution in [2.45, 2.75) is 63.6 Å². The third-order valence-electron chi connectivity index (χ3n) is 6.53. The molecule has 6 heteroatoms. The van der Waals surface area contributed by atoms with Gasteiger partial charge in [-0.1, -0.05) is 36.4 Å². The van der Waals surface area contributed by atoms with Gasteiger partial charge in [-0.15, -0.1) is 11.3 Å². The Morgan fingerprint density at radius 2 is 1.77 bits per heavy atom. The van der Waals surface area contributed by atoms with Crippen LogP contribution in [0.2, 0.25) is 0 Å². The molecule has 168 valence electrons. The molecule has 1 N–H and O–H groups in total. The number of nitrogens with one attached hydrogen (secondary N) is 1. The van der Waals surface area contributed by atoms with Gasteiger partial charge in [0.1, 0.15) is 0 Å². The maximum atomic E-state index is 12.6. The number of rotatable bonds is 9. The van der Waals surface area contributed by atoms with Gasteiger partial charge in [-0.2, -0.15) is 0 Å². The predicted octanol–water partition coefficient (Wildman–Crippen LogP) is 4.39. The molecule has 0 saturated heterocycles. The van der Waals surface area contributed by atoms with Crippen LogP contribution in [-0.4, -0.2) is 48.3 Å². The molecule has 0 bridgehead atoms. The molecule has 2 aromatic rings. The highest BCUT2D eigenvalue weighted by molar-refractivity contribution is 7.10. The van der Waals surface area contributed by atoms with Crippen molar-refractivity contribution in [3.8, 4) is 0 Å². The average molecular weight is 442 g/mol. The van der Waals surface area contributed by atoms with E-state index in [-0.39, 0.29) is 36.2 Å². The summed E-state index contributed by atoms with van der Waals surface area (Å²) in [5, 5.41) is 5.32. The first-order valence-corrected chi connectivity index (χ1v) is 12.1. The van der Waals surface area contributed by atoms with Crippen LogP contribution < -0.4 is 5.32 Å². The molecule has 1 aromatic carbocycles. The fourth-order valence-electron chi connectivity index (χ4n) is 4.56. The number of benzene rings is 1. The zero-order chi connectivity index (χ0) is 22.3. The van der Waals surface area contributed by atoms with Crippen LogP contribution in [0.3, 0.4) is 0 Å². The maximum Gasteiger partial charge on any atom is 0.223 e. The molecular weight excluding hydrogens is 406 g/mol. The molecule has 1 heterocycles. The van der Waals surface area contributed by atoms with E-state index in [0.717, 1.165) is 31.2 Å². The Bertz CT molecular complexity index is 828. The normalized spacial score (nSPS) is 21.1. The maximum absolute atomic E-state index is 12.6. The highest BCUT2D eigenvalue weighted by atomic mass is 32.1. The van der Waals surface area contributed by atoms with Gasteiger partial charge in [-0.25, -0.2) is 0 Å². The molecule has 0 unspecified atom stereocenters. The lowest BCUT2D eigenvalue weighted by Crippen LogP contribution is -2.48. The zero-order valence-electron chi connectivity index (χ0n) is 19.0. The Morgan fingerprint density at radius 3 is 2.35 bits per heavy atom. The van der Waals surface area contributed by atoms with Crippen LogP contribution in [0, 0.1) is 0 Å². The first kappa shape index (κ1) is 23.5. The molecule has 1 aliphatic carbocycles. The molecule has 5 nitrogen and oxygen atoms in total. The van der Waals surface area contributed by atoms with E-state index in [0.29, 0.717) is 13.1 Å². The van der Waals surface area contributed by atoms with E-state index in [1.165, 1.54) is 4.88 Å². The second kappa shape index (κ2) is 10.9. The third kappa shape index (κ3) is 5.95. The molecule has 31 heavy (non-hydrogen) atoms. The highest BCUT2D eigenvalue weighted by Crippen LogP contribution is 2.42. The summed E-state index contributed by atoms with van der Waals surface area (Å²) >= 11 is 1.82. The van der Waals surface area contributed by atoms with Crippen molar-refractivity contribution in [3.05, 3.63) is 58.3 Å². The van der Waals surface area contributed by atoms with Crippen molar-refractivity contribution in [2.75, 3.05) is 20.6 Å². The Morgan fingerprint density at radius 1 is 1.06 bits per heavy atom. The lowest BCUT2D eigenvalue weighted by atomic mass is 9.77. The Hall–Kier alpha value is -2.18. The number of amides is 2. The van der Waals surface area contributed by atoms with Crippen LogP contribution in [0.15, 0.2) is 47.8 Å². The SMILES string of the molecule is CCN(Cc1ccccc1)C(=O)CCC(=O)NC1CCC(c2cccs2)(N(C)C)CC1. The fourth-order valence-corrected chi connectivity index (χ4v) is 5.62. The second-order valence-corrected chi connectivity index (χ2v) is 9.59. The van der Waals surface area contributed by atoms with Crippen LogP contribution in [-0.2, 0) is 21.7 Å². The third-order valence-corrected chi connectivity index (χ3v) is 7.59. The first-order valence-electron chi connectivity index (χ1n) is 11.3. The molecule has 0 spiro atoms. The molecule has 3 rings (SSSR count). The molecule has 1 fully saturated rings. The van der Waals surface area contributed by atoms with Gasteiger partial charge in [-0.3, -0.25) is 14.5 Å². The second-order valence-electron chi connectivity index (χ2n) is 8.64. The molecule has 0 aliphatic heterocycles. The molecule has 1 aliphatic rings. The number of thiophene rings is 1. The largest absolute Gasteiger partial charge is 0.353 e. The molecule has 0 radical (unpaired) electrons. The summed E-state index contributed by atoms with van der Waals surface area (Å²) < 4.78 is 0. The first-order chi connectivity index (χ1) is 14.9. The van der Waals surface area contributed by atoms with Crippen molar-refractivity contribution in [2.24, 2.45) is 0 Å². The van der Waals surface area contributed by atoms with E-state index >= 15 is 0 Å². The van der Waals surface area contributed by atoms with E-state index in [1.54, 1.807) is 0 Å². The van der Waals surface area contributed by atoms with Gasteiger partial charge in [0.2, 0.25) is 11.8 Å². The van der Waals surface area contributed by atoms with Gasteiger partial charge in [-0.05, 0) is 63.7 Å². The van der Waals surface area contributed by atoms with Gasteiger partial charge < -0.3 is 10.2 Å². The van der Waals surface area contributed by atoms with Crippen molar-refractivity contribution in [1.29, 1.82) is 0 Å². The van der Waals surface area contributed by atoms with E-state index in [4.69, 9.17) is 0 Å². The quantitative estimate of drug-likeness (QED) is 0.628.